The molecular weight excluding hydrogens is 304 g/mol. The molecule has 1 unspecified atom stereocenters. The topological polar surface area (TPSA) is 34.8 Å². The summed E-state index contributed by atoms with van der Waals surface area (Å²) in [4.78, 5) is 0. The summed E-state index contributed by atoms with van der Waals surface area (Å²) in [5.74, 6) is 0. The maximum Gasteiger partial charge on any atom is 0.0739 e. The van der Waals surface area contributed by atoms with E-state index in [1.165, 1.54) is 11.4 Å². The van der Waals surface area contributed by atoms with Gasteiger partial charge in [0.1, 0.15) is 0 Å². The number of hydrogen-bond donors (Lipinski definition) is 1. The monoisotopic (exact) mass is 324 g/mol. The summed E-state index contributed by atoms with van der Waals surface area (Å²) in [6.45, 7) is 8.05. The third-order valence-electron chi connectivity index (χ3n) is 3.51. The smallest absolute Gasteiger partial charge is 0.0739 e. The lowest BCUT2D eigenvalue weighted by molar-refractivity contribution is 0.558. The number of nitrogens with zero attached hydrogens (tertiary/aromatic N) is 3. The molecule has 4 nitrogen and oxygen atoms in total. The van der Waals surface area contributed by atoms with Gasteiger partial charge in [-0.05, 0) is 55.9 Å². The van der Waals surface area contributed by atoms with Crippen LogP contribution in [0, 0.1) is 6.92 Å². The molecule has 2 rings (SSSR count). The minimum Gasteiger partial charge on any atom is -0.344 e. The Bertz CT molecular complexity index is 556. The van der Waals surface area contributed by atoms with Crippen molar-refractivity contribution in [2.24, 2.45) is 0 Å². The quantitative estimate of drug-likeness (QED) is 0.917. The molecule has 2 heterocycles. The fourth-order valence-corrected chi connectivity index (χ4v) is 2.70. The maximum absolute atomic E-state index is 4.54. The van der Waals surface area contributed by atoms with Crippen molar-refractivity contribution in [1.29, 1.82) is 0 Å². The van der Waals surface area contributed by atoms with Crippen LogP contribution in [0.1, 0.15) is 37.0 Å². The molecule has 104 valence electrons. The molecule has 5 heteroatoms. The molecule has 0 fully saturated rings. The second-order valence-electron chi connectivity index (χ2n) is 4.73. The van der Waals surface area contributed by atoms with Crippen molar-refractivity contribution in [1.82, 2.24) is 19.7 Å². The molecule has 0 aliphatic heterocycles. The molecule has 0 radical (unpaired) electrons. The second-order valence-corrected chi connectivity index (χ2v) is 5.53. The summed E-state index contributed by atoms with van der Waals surface area (Å²) in [5, 5.41) is 7.83. The molecule has 0 bridgehead atoms. The van der Waals surface area contributed by atoms with Crippen LogP contribution in [0.4, 0.5) is 0 Å². The minimum atomic E-state index is 0.341. The van der Waals surface area contributed by atoms with Crippen molar-refractivity contribution in [2.45, 2.75) is 39.9 Å². The Morgan fingerprint density at radius 2 is 2.21 bits per heavy atom. The van der Waals surface area contributed by atoms with E-state index in [0.29, 0.717) is 6.04 Å². The zero-order valence-corrected chi connectivity index (χ0v) is 13.5. The Kier molecular flexibility index (Phi) is 4.47. The molecule has 0 spiro atoms. The van der Waals surface area contributed by atoms with Crippen molar-refractivity contribution in [3.05, 3.63) is 39.9 Å². The first kappa shape index (κ1) is 14.3. The standard InChI is InChI=1S/C14H21BrN4/c1-5-19-13(14(15)11(3)17-19)9-18-8-6-7-12(18)10(2)16-4/h6-8,10,16H,5,9H2,1-4H3. The minimum absolute atomic E-state index is 0.341. The molecule has 19 heavy (non-hydrogen) atoms. The van der Waals surface area contributed by atoms with E-state index >= 15 is 0 Å². The molecule has 0 amide bonds. The van der Waals surface area contributed by atoms with E-state index in [9.17, 15) is 0 Å². The number of aryl methyl sites for hydroxylation is 2. The summed E-state index contributed by atoms with van der Waals surface area (Å²) in [7, 11) is 1.98. The van der Waals surface area contributed by atoms with Crippen molar-refractivity contribution >= 4 is 15.9 Å². The maximum atomic E-state index is 4.54. The van der Waals surface area contributed by atoms with Gasteiger partial charge in [0.15, 0.2) is 0 Å². The van der Waals surface area contributed by atoms with Gasteiger partial charge < -0.3 is 9.88 Å². The van der Waals surface area contributed by atoms with Crippen LogP contribution in [-0.4, -0.2) is 21.4 Å². The van der Waals surface area contributed by atoms with E-state index in [0.717, 1.165) is 23.3 Å². The molecular formula is C14H21BrN4. The number of hydrogen-bond acceptors (Lipinski definition) is 2. The van der Waals surface area contributed by atoms with E-state index in [4.69, 9.17) is 0 Å². The predicted molar refractivity (Wildman–Crippen MR) is 81.3 cm³/mol. The third-order valence-corrected chi connectivity index (χ3v) is 4.55. The van der Waals surface area contributed by atoms with Crippen molar-refractivity contribution in [3.8, 4) is 0 Å². The number of aromatic nitrogens is 3. The van der Waals surface area contributed by atoms with Gasteiger partial charge in [0, 0.05) is 24.5 Å². The van der Waals surface area contributed by atoms with E-state index < -0.39 is 0 Å². The van der Waals surface area contributed by atoms with Crippen LogP contribution in [0.2, 0.25) is 0 Å². The Hall–Kier alpha value is -1.07. The Balaban J connectivity index is 2.34. The van der Waals surface area contributed by atoms with Gasteiger partial charge in [-0.25, -0.2) is 0 Å². The van der Waals surface area contributed by atoms with Gasteiger partial charge in [0.25, 0.3) is 0 Å². The fourth-order valence-electron chi connectivity index (χ4n) is 2.29. The van der Waals surface area contributed by atoms with E-state index in [1.54, 1.807) is 0 Å². The molecule has 2 aromatic heterocycles. The Morgan fingerprint density at radius 1 is 1.47 bits per heavy atom. The summed E-state index contributed by atoms with van der Waals surface area (Å²) in [5.41, 5.74) is 3.56. The lowest BCUT2D eigenvalue weighted by atomic mass is 10.2. The highest BCUT2D eigenvalue weighted by Gasteiger charge is 2.15. The van der Waals surface area contributed by atoms with E-state index in [-0.39, 0.29) is 0 Å². The van der Waals surface area contributed by atoms with Crippen LogP contribution < -0.4 is 5.32 Å². The third kappa shape index (κ3) is 2.77. The van der Waals surface area contributed by atoms with Gasteiger partial charge in [-0.15, -0.1) is 0 Å². The number of halogens is 1. The van der Waals surface area contributed by atoms with Crippen LogP contribution in [0.25, 0.3) is 0 Å². The van der Waals surface area contributed by atoms with Gasteiger partial charge in [0.05, 0.1) is 22.4 Å². The first-order chi connectivity index (χ1) is 9.08. The second kappa shape index (κ2) is 5.92. The summed E-state index contributed by atoms with van der Waals surface area (Å²) in [6.07, 6.45) is 2.12. The van der Waals surface area contributed by atoms with Gasteiger partial charge in [-0.3, -0.25) is 4.68 Å². The van der Waals surface area contributed by atoms with Crippen LogP contribution in [0.15, 0.2) is 22.8 Å². The van der Waals surface area contributed by atoms with Crippen LogP contribution in [0.3, 0.4) is 0 Å². The van der Waals surface area contributed by atoms with Gasteiger partial charge in [-0.2, -0.15) is 5.10 Å². The highest BCUT2D eigenvalue weighted by atomic mass is 79.9. The molecule has 0 saturated heterocycles. The van der Waals surface area contributed by atoms with Crippen LogP contribution >= 0.6 is 15.9 Å². The van der Waals surface area contributed by atoms with Gasteiger partial charge in [0.2, 0.25) is 0 Å². The van der Waals surface area contributed by atoms with E-state index in [1.807, 2.05) is 14.0 Å². The fraction of sp³-hybridized carbons (Fsp3) is 0.500. The molecule has 0 aliphatic rings. The lowest BCUT2D eigenvalue weighted by Gasteiger charge is -2.15. The Labute approximate surface area is 122 Å². The normalized spacial score (nSPS) is 12.9. The highest BCUT2D eigenvalue weighted by Crippen LogP contribution is 2.23. The van der Waals surface area contributed by atoms with Crippen LogP contribution in [0.5, 0.6) is 0 Å². The zero-order valence-electron chi connectivity index (χ0n) is 11.9. The zero-order chi connectivity index (χ0) is 14.0. The first-order valence-corrected chi connectivity index (χ1v) is 7.41. The van der Waals surface area contributed by atoms with E-state index in [2.05, 4.69) is 67.8 Å². The molecule has 0 saturated carbocycles. The van der Waals surface area contributed by atoms with Gasteiger partial charge >= 0.3 is 0 Å². The molecule has 0 aliphatic carbocycles. The SMILES string of the molecule is CCn1nc(C)c(Br)c1Cn1cccc1C(C)NC. The molecule has 0 aromatic carbocycles. The lowest BCUT2D eigenvalue weighted by Crippen LogP contribution is -2.18. The first-order valence-electron chi connectivity index (χ1n) is 6.62. The molecule has 2 aromatic rings. The number of nitrogens with one attached hydrogen (secondary N) is 1. The highest BCUT2D eigenvalue weighted by molar-refractivity contribution is 9.10. The summed E-state index contributed by atoms with van der Waals surface area (Å²) >= 11 is 3.65. The molecule has 1 N–H and O–H groups in total. The predicted octanol–water partition coefficient (Wildman–Crippen LogP) is 3.10. The van der Waals surface area contributed by atoms with Crippen molar-refractivity contribution < 1.29 is 0 Å². The number of rotatable bonds is 5. The summed E-state index contributed by atoms with van der Waals surface area (Å²) in [6, 6.07) is 4.60. The van der Waals surface area contributed by atoms with Crippen molar-refractivity contribution in [2.75, 3.05) is 7.05 Å². The largest absolute Gasteiger partial charge is 0.344 e. The van der Waals surface area contributed by atoms with Crippen LogP contribution in [-0.2, 0) is 13.1 Å². The molecule has 1 atom stereocenters. The average Bonchev–Trinajstić information content (AvgIpc) is 2.98. The van der Waals surface area contributed by atoms with Gasteiger partial charge in [-0.1, -0.05) is 0 Å². The summed E-state index contributed by atoms with van der Waals surface area (Å²) < 4.78 is 5.45. The Morgan fingerprint density at radius 3 is 2.84 bits per heavy atom. The van der Waals surface area contributed by atoms with Crippen molar-refractivity contribution in [3.63, 3.8) is 0 Å². The average molecular weight is 325 g/mol.